The summed E-state index contributed by atoms with van der Waals surface area (Å²) < 4.78 is 0. The third-order valence-electron chi connectivity index (χ3n) is 3.01. The van der Waals surface area contributed by atoms with Gasteiger partial charge in [0.2, 0.25) is 0 Å². The van der Waals surface area contributed by atoms with Crippen LogP contribution in [0.2, 0.25) is 0 Å². The summed E-state index contributed by atoms with van der Waals surface area (Å²) in [5.41, 5.74) is 0. The lowest BCUT2D eigenvalue weighted by atomic mass is 9.84. The first-order valence-corrected chi connectivity index (χ1v) is 6.52. The minimum Gasteiger partial charge on any atom is -0.368 e. The van der Waals surface area contributed by atoms with E-state index in [-0.39, 0.29) is 0 Å². The molecule has 0 heterocycles. The van der Waals surface area contributed by atoms with Crippen molar-refractivity contribution in [1.29, 1.82) is 0 Å². The van der Waals surface area contributed by atoms with Crippen LogP contribution in [0.15, 0.2) is 4.99 Å². The van der Waals surface area contributed by atoms with Crippen LogP contribution >= 0.6 is 11.8 Å². The van der Waals surface area contributed by atoms with E-state index >= 15 is 0 Å². The summed E-state index contributed by atoms with van der Waals surface area (Å²) in [4.78, 5) is 4.17. The van der Waals surface area contributed by atoms with E-state index in [0.717, 1.165) is 17.0 Å². The number of nitrogens with one attached hydrogen (secondary N) is 1. The van der Waals surface area contributed by atoms with Crippen LogP contribution < -0.4 is 5.32 Å². The van der Waals surface area contributed by atoms with E-state index in [1.165, 1.54) is 31.4 Å². The molecule has 0 bridgehead atoms. The van der Waals surface area contributed by atoms with Gasteiger partial charge in [-0.1, -0.05) is 31.5 Å². The minimum atomic E-state index is 0.918. The van der Waals surface area contributed by atoms with Crippen LogP contribution in [0.4, 0.5) is 0 Å². The van der Waals surface area contributed by atoms with Crippen molar-refractivity contribution in [3.8, 4) is 0 Å². The zero-order valence-corrected chi connectivity index (χ0v) is 10.4. The molecule has 0 aromatic carbocycles. The molecule has 0 aliphatic heterocycles. The molecule has 0 spiro atoms. The van der Waals surface area contributed by atoms with Crippen LogP contribution in [0, 0.1) is 11.8 Å². The van der Waals surface area contributed by atoms with Crippen LogP contribution in [0.1, 0.15) is 32.6 Å². The number of amidine groups is 1. The van der Waals surface area contributed by atoms with Gasteiger partial charge in [-0.15, -0.1) is 0 Å². The number of aliphatic imine (C=N–C) groups is 1. The molecule has 82 valence electrons. The molecule has 0 atom stereocenters. The zero-order valence-electron chi connectivity index (χ0n) is 9.55. The van der Waals surface area contributed by atoms with Crippen molar-refractivity contribution in [2.75, 3.05) is 19.8 Å². The number of hydrogen-bond donors (Lipinski definition) is 1. The monoisotopic (exact) mass is 214 g/mol. The van der Waals surface area contributed by atoms with E-state index in [1.807, 2.05) is 25.9 Å². The van der Waals surface area contributed by atoms with E-state index < -0.39 is 0 Å². The van der Waals surface area contributed by atoms with Crippen molar-refractivity contribution < 1.29 is 0 Å². The highest BCUT2D eigenvalue weighted by Crippen LogP contribution is 2.30. The third kappa shape index (κ3) is 3.91. The lowest BCUT2D eigenvalue weighted by molar-refractivity contribution is 0.312. The van der Waals surface area contributed by atoms with Crippen LogP contribution in [-0.4, -0.2) is 25.0 Å². The van der Waals surface area contributed by atoms with E-state index in [2.05, 4.69) is 17.2 Å². The highest BCUT2D eigenvalue weighted by Gasteiger charge is 2.18. The largest absolute Gasteiger partial charge is 0.368 e. The summed E-state index contributed by atoms with van der Waals surface area (Å²) in [6.45, 7) is 2.37. The standard InChI is InChI=1S/C11H22N2S/c1-9-4-6-10(7-5-9)8-14-11(12-2)13-3/h9-10H,4-8H2,1-3H3,(H,12,13). The summed E-state index contributed by atoms with van der Waals surface area (Å²) in [7, 11) is 3.79. The topological polar surface area (TPSA) is 24.4 Å². The van der Waals surface area contributed by atoms with Gasteiger partial charge in [0.05, 0.1) is 0 Å². The SMILES string of the molecule is CN=C(NC)SCC1CCC(C)CC1. The Morgan fingerprint density at radius 2 is 2.00 bits per heavy atom. The average Bonchev–Trinajstić information content (AvgIpc) is 2.22. The van der Waals surface area contributed by atoms with Gasteiger partial charge in [-0.2, -0.15) is 0 Å². The molecule has 1 rings (SSSR count). The molecule has 1 N–H and O–H groups in total. The van der Waals surface area contributed by atoms with E-state index in [9.17, 15) is 0 Å². The maximum absolute atomic E-state index is 4.17. The smallest absolute Gasteiger partial charge is 0.156 e. The van der Waals surface area contributed by atoms with Crippen molar-refractivity contribution in [1.82, 2.24) is 5.32 Å². The Balaban J connectivity index is 2.18. The van der Waals surface area contributed by atoms with Gasteiger partial charge in [0.25, 0.3) is 0 Å². The Morgan fingerprint density at radius 3 is 2.50 bits per heavy atom. The molecule has 14 heavy (non-hydrogen) atoms. The van der Waals surface area contributed by atoms with Gasteiger partial charge in [0.15, 0.2) is 5.17 Å². The summed E-state index contributed by atoms with van der Waals surface area (Å²) in [5.74, 6) is 3.11. The van der Waals surface area contributed by atoms with Gasteiger partial charge in [-0.05, 0) is 24.7 Å². The minimum absolute atomic E-state index is 0.918. The second kappa shape index (κ2) is 6.33. The Hall–Kier alpha value is -0.180. The molecule has 1 aliphatic rings. The maximum Gasteiger partial charge on any atom is 0.156 e. The molecular weight excluding hydrogens is 192 g/mol. The van der Waals surface area contributed by atoms with Gasteiger partial charge in [0.1, 0.15) is 0 Å². The molecule has 0 radical (unpaired) electrons. The van der Waals surface area contributed by atoms with Gasteiger partial charge >= 0.3 is 0 Å². The van der Waals surface area contributed by atoms with Crippen molar-refractivity contribution in [2.24, 2.45) is 16.8 Å². The normalized spacial score (nSPS) is 28.9. The highest BCUT2D eigenvalue weighted by molar-refractivity contribution is 8.13. The Labute approximate surface area is 92.0 Å². The maximum atomic E-state index is 4.17. The van der Waals surface area contributed by atoms with Crippen LogP contribution in [0.3, 0.4) is 0 Å². The number of nitrogens with zero attached hydrogens (tertiary/aromatic N) is 1. The summed E-state index contributed by atoms with van der Waals surface area (Å²) >= 11 is 1.87. The Kier molecular flexibility index (Phi) is 5.38. The van der Waals surface area contributed by atoms with E-state index in [1.54, 1.807) is 0 Å². The second-order valence-electron chi connectivity index (χ2n) is 4.22. The lowest BCUT2D eigenvalue weighted by Gasteiger charge is -2.25. The number of hydrogen-bond acceptors (Lipinski definition) is 2. The zero-order chi connectivity index (χ0) is 10.4. The molecule has 2 nitrogen and oxygen atoms in total. The van der Waals surface area contributed by atoms with Crippen LogP contribution in [0.25, 0.3) is 0 Å². The van der Waals surface area contributed by atoms with Crippen molar-refractivity contribution in [3.63, 3.8) is 0 Å². The molecule has 1 aliphatic carbocycles. The van der Waals surface area contributed by atoms with Crippen molar-refractivity contribution in [2.45, 2.75) is 32.6 Å². The quantitative estimate of drug-likeness (QED) is 0.564. The van der Waals surface area contributed by atoms with Crippen molar-refractivity contribution >= 4 is 16.9 Å². The van der Waals surface area contributed by atoms with E-state index in [0.29, 0.717) is 0 Å². The first-order chi connectivity index (χ1) is 6.76. The van der Waals surface area contributed by atoms with Crippen LogP contribution in [0.5, 0.6) is 0 Å². The fraction of sp³-hybridized carbons (Fsp3) is 0.909. The number of rotatable bonds is 2. The summed E-state index contributed by atoms with van der Waals surface area (Å²) in [5, 5.41) is 4.19. The number of thioether (sulfide) groups is 1. The lowest BCUT2D eigenvalue weighted by Crippen LogP contribution is -2.19. The Bertz CT molecular complexity index is 184. The van der Waals surface area contributed by atoms with Gasteiger partial charge in [-0.3, -0.25) is 4.99 Å². The Morgan fingerprint density at radius 1 is 1.36 bits per heavy atom. The molecule has 1 saturated carbocycles. The van der Waals surface area contributed by atoms with E-state index in [4.69, 9.17) is 0 Å². The first kappa shape index (κ1) is 11.9. The molecular formula is C11H22N2S. The molecule has 0 aromatic rings. The van der Waals surface area contributed by atoms with Gasteiger partial charge < -0.3 is 5.32 Å². The van der Waals surface area contributed by atoms with Crippen LogP contribution in [-0.2, 0) is 0 Å². The molecule has 1 fully saturated rings. The molecule has 0 amide bonds. The van der Waals surface area contributed by atoms with Gasteiger partial charge in [-0.25, -0.2) is 0 Å². The summed E-state index contributed by atoms with van der Waals surface area (Å²) in [6, 6.07) is 0. The highest BCUT2D eigenvalue weighted by atomic mass is 32.2. The average molecular weight is 214 g/mol. The molecule has 0 aromatic heterocycles. The molecule has 0 unspecified atom stereocenters. The fourth-order valence-corrected chi connectivity index (χ4v) is 2.94. The summed E-state index contributed by atoms with van der Waals surface area (Å²) in [6.07, 6.45) is 5.66. The van der Waals surface area contributed by atoms with Gasteiger partial charge in [0, 0.05) is 19.8 Å². The fourth-order valence-electron chi connectivity index (χ4n) is 1.94. The first-order valence-electron chi connectivity index (χ1n) is 5.53. The predicted molar refractivity (Wildman–Crippen MR) is 66.0 cm³/mol. The second-order valence-corrected chi connectivity index (χ2v) is 5.22. The third-order valence-corrected chi connectivity index (χ3v) is 4.31. The van der Waals surface area contributed by atoms with Crippen molar-refractivity contribution in [3.05, 3.63) is 0 Å². The predicted octanol–water partition coefficient (Wildman–Crippen LogP) is 2.75. The molecule has 0 saturated heterocycles. The molecule has 3 heteroatoms.